The molecule has 0 spiro atoms. The first-order valence-corrected chi connectivity index (χ1v) is 7.03. The van der Waals surface area contributed by atoms with Crippen molar-refractivity contribution in [2.75, 3.05) is 0 Å². The van der Waals surface area contributed by atoms with Gasteiger partial charge < -0.3 is 4.74 Å². The number of aliphatic imine (C=N–C) groups is 1. The average molecular weight is 336 g/mol. The molecule has 0 bridgehead atoms. The minimum absolute atomic E-state index is 0.0399. The second kappa shape index (κ2) is 5.91. The number of cyclic esters (lactones) is 1. The molecule has 1 aliphatic rings. The van der Waals surface area contributed by atoms with Gasteiger partial charge in [0.05, 0.1) is 15.6 Å². The van der Waals surface area contributed by atoms with Gasteiger partial charge in [0.15, 0.2) is 5.70 Å². The third kappa shape index (κ3) is 2.75. The molecule has 110 valence electrons. The van der Waals surface area contributed by atoms with Gasteiger partial charge in [0.25, 0.3) is 0 Å². The lowest BCUT2D eigenvalue weighted by Gasteiger charge is -2.00. The zero-order valence-corrected chi connectivity index (χ0v) is 12.5. The van der Waals surface area contributed by atoms with Crippen molar-refractivity contribution in [1.82, 2.24) is 0 Å². The molecule has 0 saturated carbocycles. The smallest absolute Gasteiger partial charge is 0.363 e. The predicted molar refractivity (Wildman–Crippen MR) is 83.5 cm³/mol. The van der Waals surface area contributed by atoms with E-state index >= 15 is 0 Å². The number of ether oxygens (including phenoxy) is 1. The Hall–Kier alpha value is -2.17. The average Bonchev–Trinajstić information content (AvgIpc) is 2.84. The zero-order chi connectivity index (χ0) is 15.7. The van der Waals surface area contributed by atoms with Gasteiger partial charge in [0.2, 0.25) is 5.90 Å². The van der Waals surface area contributed by atoms with E-state index in [-0.39, 0.29) is 22.2 Å². The van der Waals surface area contributed by atoms with Crippen LogP contribution in [0.5, 0.6) is 0 Å². The van der Waals surface area contributed by atoms with Crippen LogP contribution >= 0.6 is 23.2 Å². The molecular weight excluding hydrogens is 328 g/mol. The Bertz CT molecular complexity index is 810. The molecule has 2 aromatic rings. The van der Waals surface area contributed by atoms with Gasteiger partial charge in [-0.2, -0.15) is 0 Å². The number of nitrogens with zero attached hydrogens (tertiary/aromatic N) is 1. The Morgan fingerprint density at radius 2 is 1.77 bits per heavy atom. The number of hydrogen-bond acceptors (Lipinski definition) is 3. The molecular formula is C16H8Cl2FNO2. The summed E-state index contributed by atoms with van der Waals surface area (Å²) in [5, 5.41) is 0.584. The van der Waals surface area contributed by atoms with E-state index in [9.17, 15) is 9.18 Å². The summed E-state index contributed by atoms with van der Waals surface area (Å²) in [4.78, 5) is 16.0. The number of halogens is 3. The molecule has 0 aliphatic carbocycles. The molecule has 2 aromatic carbocycles. The van der Waals surface area contributed by atoms with E-state index in [1.807, 2.05) is 0 Å². The lowest BCUT2D eigenvalue weighted by atomic mass is 10.2. The minimum Gasteiger partial charge on any atom is -0.402 e. The number of rotatable bonds is 2. The van der Waals surface area contributed by atoms with E-state index in [0.717, 1.165) is 0 Å². The first-order valence-electron chi connectivity index (χ1n) is 6.28. The highest BCUT2D eigenvalue weighted by Crippen LogP contribution is 2.26. The van der Waals surface area contributed by atoms with Crippen molar-refractivity contribution in [1.29, 1.82) is 0 Å². The monoisotopic (exact) mass is 335 g/mol. The van der Waals surface area contributed by atoms with Crippen molar-refractivity contribution in [2.24, 2.45) is 4.99 Å². The second-order valence-electron chi connectivity index (χ2n) is 4.45. The van der Waals surface area contributed by atoms with Crippen molar-refractivity contribution in [3.63, 3.8) is 0 Å². The lowest BCUT2D eigenvalue weighted by Crippen LogP contribution is -2.05. The SMILES string of the molecule is O=C1OC(c2ccccc2Cl)=N/C1=C/c1c(F)cccc1Cl. The Morgan fingerprint density at radius 3 is 2.50 bits per heavy atom. The van der Waals surface area contributed by atoms with Gasteiger partial charge in [-0.05, 0) is 30.3 Å². The normalized spacial score (nSPS) is 15.9. The molecule has 0 fully saturated rings. The summed E-state index contributed by atoms with van der Waals surface area (Å²) in [5.74, 6) is -1.15. The molecule has 0 unspecified atom stereocenters. The fourth-order valence-electron chi connectivity index (χ4n) is 1.94. The van der Waals surface area contributed by atoms with Crippen molar-refractivity contribution < 1.29 is 13.9 Å². The third-order valence-electron chi connectivity index (χ3n) is 3.01. The van der Waals surface area contributed by atoms with Crippen LogP contribution in [0.4, 0.5) is 4.39 Å². The number of hydrogen-bond donors (Lipinski definition) is 0. The van der Waals surface area contributed by atoms with Gasteiger partial charge >= 0.3 is 5.97 Å². The van der Waals surface area contributed by atoms with Crippen LogP contribution in [0.3, 0.4) is 0 Å². The summed E-state index contributed by atoms with van der Waals surface area (Å²) in [5.41, 5.74) is 0.530. The minimum atomic E-state index is -0.686. The molecule has 3 nitrogen and oxygen atoms in total. The first-order chi connectivity index (χ1) is 10.6. The van der Waals surface area contributed by atoms with Crippen molar-refractivity contribution in [3.05, 3.63) is 75.2 Å². The quantitative estimate of drug-likeness (QED) is 0.599. The molecule has 0 N–H and O–H groups in total. The van der Waals surface area contributed by atoms with Crippen LogP contribution in [0.1, 0.15) is 11.1 Å². The van der Waals surface area contributed by atoms with Crippen LogP contribution in [0, 0.1) is 5.82 Å². The summed E-state index contributed by atoms with van der Waals surface area (Å²) in [6.45, 7) is 0. The van der Waals surface area contributed by atoms with Crippen molar-refractivity contribution in [3.8, 4) is 0 Å². The third-order valence-corrected chi connectivity index (χ3v) is 3.66. The highest BCUT2D eigenvalue weighted by atomic mass is 35.5. The topological polar surface area (TPSA) is 38.7 Å². The van der Waals surface area contributed by atoms with E-state index in [0.29, 0.717) is 10.6 Å². The number of carbonyl (C=O) groups is 1. The summed E-state index contributed by atoms with van der Waals surface area (Å²) >= 11 is 12.0. The van der Waals surface area contributed by atoms with Gasteiger partial charge in [-0.3, -0.25) is 0 Å². The molecule has 0 saturated heterocycles. The molecule has 3 rings (SSSR count). The van der Waals surface area contributed by atoms with Gasteiger partial charge in [0.1, 0.15) is 5.82 Å². The number of esters is 1. The van der Waals surface area contributed by atoms with E-state index in [1.165, 1.54) is 24.3 Å². The summed E-state index contributed by atoms with van der Waals surface area (Å²) in [6, 6.07) is 11.1. The lowest BCUT2D eigenvalue weighted by molar-refractivity contribution is -0.129. The highest BCUT2D eigenvalue weighted by molar-refractivity contribution is 6.34. The molecule has 6 heteroatoms. The second-order valence-corrected chi connectivity index (χ2v) is 5.27. The van der Waals surface area contributed by atoms with Gasteiger partial charge in [-0.25, -0.2) is 14.2 Å². The largest absolute Gasteiger partial charge is 0.402 e. The van der Waals surface area contributed by atoms with Crippen LogP contribution in [0.2, 0.25) is 10.0 Å². The summed E-state index contributed by atoms with van der Waals surface area (Å²) < 4.78 is 18.9. The Labute approximate surface area is 135 Å². The van der Waals surface area contributed by atoms with E-state index in [2.05, 4.69) is 4.99 Å². The summed E-state index contributed by atoms with van der Waals surface area (Å²) in [7, 11) is 0. The molecule has 22 heavy (non-hydrogen) atoms. The van der Waals surface area contributed by atoms with Crippen molar-refractivity contribution in [2.45, 2.75) is 0 Å². The zero-order valence-electron chi connectivity index (χ0n) is 11.0. The number of benzene rings is 2. The Morgan fingerprint density at radius 1 is 1.05 bits per heavy atom. The molecule has 0 radical (unpaired) electrons. The fourth-order valence-corrected chi connectivity index (χ4v) is 2.38. The highest BCUT2D eigenvalue weighted by Gasteiger charge is 2.26. The van der Waals surface area contributed by atoms with Crippen LogP contribution in [-0.4, -0.2) is 11.9 Å². The molecule has 0 amide bonds. The maximum atomic E-state index is 13.8. The van der Waals surface area contributed by atoms with Gasteiger partial charge in [-0.15, -0.1) is 0 Å². The van der Waals surface area contributed by atoms with Crippen LogP contribution in [-0.2, 0) is 9.53 Å². The van der Waals surface area contributed by atoms with Crippen molar-refractivity contribution >= 4 is 41.1 Å². The summed E-state index contributed by atoms with van der Waals surface area (Å²) in [6.07, 6.45) is 1.25. The molecule has 0 atom stereocenters. The van der Waals surface area contributed by atoms with E-state index in [4.69, 9.17) is 27.9 Å². The van der Waals surface area contributed by atoms with E-state index in [1.54, 1.807) is 24.3 Å². The Balaban J connectivity index is 2.04. The van der Waals surface area contributed by atoms with Crippen LogP contribution in [0.15, 0.2) is 53.2 Å². The van der Waals surface area contributed by atoms with Crippen LogP contribution < -0.4 is 0 Å². The van der Waals surface area contributed by atoms with Crippen LogP contribution in [0.25, 0.3) is 6.08 Å². The molecule has 1 heterocycles. The van der Waals surface area contributed by atoms with Gasteiger partial charge in [-0.1, -0.05) is 41.4 Å². The Kier molecular flexibility index (Phi) is 3.96. The fraction of sp³-hybridized carbons (Fsp3) is 0. The predicted octanol–water partition coefficient (Wildman–Crippen LogP) is 4.48. The molecule has 0 aromatic heterocycles. The van der Waals surface area contributed by atoms with Gasteiger partial charge in [0, 0.05) is 5.56 Å². The number of carbonyl (C=O) groups excluding carboxylic acids is 1. The van der Waals surface area contributed by atoms with E-state index < -0.39 is 11.8 Å². The standard InChI is InChI=1S/C16H8Cl2FNO2/c17-11-5-2-1-4-9(11)15-20-14(16(21)22-15)8-10-12(18)6-3-7-13(10)19/h1-8H/b14-8+. The first kappa shape index (κ1) is 14.8. The maximum Gasteiger partial charge on any atom is 0.363 e. The molecule has 1 aliphatic heterocycles. The maximum absolute atomic E-state index is 13.8.